The maximum atomic E-state index is 11.7. The Kier molecular flexibility index (Phi) is 4.00. The van der Waals surface area contributed by atoms with E-state index in [2.05, 4.69) is 9.47 Å². The molecule has 0 unspecified atom stereocenters. The molecule has 2 aromatic carbocycles. The second-order valence-corrected chi connectivity index (χ2v) is 3.91. The molecule has 0 aliphatic carbocycles. The maximum absolute atomic E-state index is 11.7. The predicted octanol–water partition coefficient (Wildman–Crippen LogP) is 2.98. The third-order valence-electron chi connectivity index (χ3n) is 2.68. The molecule has 0 spiro atoms. The largest absolute Gasteiger partial charge is 0.516 e. The lowest BCUT2D eigenvalue weighted by atomic mass is 10.0. The Morgan fingerprint density at radius 3 is 2.35 bits per heavy atom. The van der Waals surface area contributed by atoms with E-state index in [1.165, 1.54) is 6.07 Å². The van der Waals surface area contributed by atoms with E-state index >= 15 is 0 Å². The van der Waals surface area contributed by atoms with Crippen molar-refractivity contribution < 1.29 is 24.2 Å². The second-order valence-electron chi connectivity index (χ2n) is 3.91. The van der Waals surface area contributed by atoms with Crippen LogP contribution < -0.4 is 0 Å². The van der Waals surface area contributed by atoms with Gasteiger partial charge in [-0.15, -0.1) is 0 Å². The van der Waals surface area contributed by atoms with Crippen molar-refractivity contribution >= 4 is 12.1 Å². The van der Waals surface area contributed by atoms with E-state index in [0.29, 0.717) is 5.56 Å². The number of hydrogen-bond acceptors (Lipinski definition) is 5. The van der Waals surface area contributed by atoms with Crippen LogP contribution in [0.2, 0.25) is 0 Å². The predicted molar refractivity (Wildman–Crippen MR) is 71.4 cm³/mol. The van der Waals surface area contributed by atoms with Gasteiger partial charge in [-0.1, -0.05) is 42.5 Å². The summed E-state index contributed by atoms with van der Waals surface area (Å²) in [6, 6.07) is 13.7. The van der Waals surface area contributed by atoms with Crippen LogP contribution in [-0.4, -0.2) is 24.3 Å². The highest BCUT2D eigenvalue weighted by Gasteiger charge is 2.19. The van der Waals surface area contributed by atoms with Crippen LogP contribution >= 0.6 is 0 Å². The number of ether oxygens (including phenoxy) is 2. The number of esters is 1. The van der Waals surface area contributed by atoms with Crippen molar-refractivity contribution in [1.29, 1.82) is 0 Å². The first-order chi connectivity index (χ1) is 9.63. The fourth-order valence-corrected chi connectivity index (χ4v) is 1.73. The van der Waals surface area contributed by atoms with Crippen molar-refractivity contribution in [3.05, 3.63) is 54.1 Å². The molecule has 102 valence electrons. The summed E-state index contributed by atoms with van der Waals surface area (Å²) >= 11 is 0. The monoisotopic (exact) mass is 272 g/mol. The fourth-order valence-electron chi connectivity index (χ4n) is 1.73. The number of phenols is 1. The third kappa shape index (κ3) is 2.77. The van der Waals surface area contributed by atoms with Crippen molar-refractivity contribution in [3.63, 3.8) is 0 Å². The zero-order valence-corrected chi connectivity index (χ0v) is 10.7. The van der Waals surface area contributed by atoms with E-state index < -0.39 is 12.1 Å². The van der Waals surface area contributed by atoms with Gasteiger partial charge in [0.05, 0.1) is 7.11 Å². The number of carbonyl (C=O) groups is 2. The molecule has 2 rings (SSSR count). The molecule has 0 heterocycles. The fraction of sp³-hybridized carbons (Fsp3) is 0.0667. The molecule has 20 heavy (non-hydrogen) atoms. The highest BCUT2D eigenvalue weighted by Crippen LogP contribution is 2.32. The quantitative estimate of drug-likeness (QED) is 0.672. The summed E-state index contributed by atoms with van der Waals surface area (Å²) in [4.78, 5) is 22.7. The number of para-hydroxylation sites is 1. The molecule has 1 N–H and O–H groups in total. The highest BCUT2D eigenvalue weighted by molar-refractivity contribution is 5.99. The molecule has 5 nitrogen and oxygen atoms in total. The zero-order chi connectivity index (χ0) is 14.5. The van der Waals surface area contributed by atoms with E-state index in [9.17, 15) is 14.7 Å². The SMILES string of the molecule is COC(=O)OC(=O)c1cccc(-c2ccccc2)c1O. The average molecular weight is 272 g/mol. The number of carbonyl (C=O) groups excluding carboxylic acids is 2. The molecule has 0 radical (unpaired) electrons. The van der Waals surface area contributed by atoms with Gasteiger partial charge in [0.1, 0.15) is 11.3 Å². The topological polar surface area (TPSA) is 72.8 Å². The molecular weight excluding hydrogens is 260 g/mol. The van der Waals surface area contributed by atoms with E-state index in [1.807, 2.05) is 18.2 Å². The van der Waals surface area contributed by atoms with Crippen molar-refractivity contribution in [2.24, 2.45) is 0 Å². The molecule has 0 saturated heterocycles. The molecular formula is C15H12O5. The average Bonchev–Trinajstić information content (AvgIpc) is 2.48. The molecule has 0 amide bonds. The summed E-state index contributed by atoms with van der Waals surface area (Å²) in [5.74, 6) is -1.21. The van der Waals surface area contributed by atoms with Gasteiger partial charge in [-0.3, -0.25) is 0 Å². The van der Waals surface area contributed by atoms with Crippen LogP contribution in [0.1, 0.15) is 10.4 Å². The van der Waals surface area contributed by atoms with E-state index in [0.717, 1.165) is 12.7 Å². The maximum Gasteiger partial charge on any atom is 0.516 e. The van der Waals surface area contributed by atoms with Crippen molar-refractivity contribution in [3.8, 4) is 16.9 Å². The van der Waals surface area contributed by atoms with Crippen molar-refractivity contribution in [1.82, 2.24) is 0 Å². The molecule has 2 aromatic rings. The van der Waals surface area contributed by atoms with Gasteiger partial charge in [0, 0.05) is 5.56 Å². The molecule has 0 aromatic heterocycles. The van der Waals surface area contributed by atoms with Gasteiger partial charge in [0.15, 0.2) is 0 Å². The summed E-state index contributed by atoms with van der Waals surface area (Å²) in [5.41, 5.74) is 1.12. The Hall–Kier alpha value is -2.82. The summed E-state index contributed by atoms with van der Waals surface area (Å²) in [5, 5.41) is 10.1. The number of hydrogen-bond donors (Lipinski definition) is 1. The van der Waals surface area contributed by atoms with Crippen LogP contribution in [-0.2, 0) is 9.47 Å². The van der Waals surface area contributed by atoms with Crippen LogP contribution in [0.25, 0.3) is 11.1 Å². The lowest BCUT2D eigenvalue weighted by Gasteiger charge is -2.08. The van der Waals surface area contributed by atoms with Gasteiger partial charge < -0.3 is 14.6 Å². The molecule has 0 fully saturated rings. The van der Waals surface area contributed by atoms with Gasteiger partial charge in [-0.05, 0) is 11.6 Å². The molecule has 0 atom stereocenters. The highest BCUT2D eigenvalue weighted by atomic mass is 16.7. The van der Waals surface area contributed by atoms with E-state index in [-0.39, 0.29) is 11.3 Å². The third-order valence-corrected chi connectivity index (χ3v) is 2.68. The molecule has 0 aliphatic heterocycles. The first kappa shape index (κ1) is 13.6. The Balaban J connectivity index is 2.38. The van der Waals surface area contributed by atoms with Gasteiger partial charge >= 0.3 is 12.1 Å². The van der Waals surface area contributed by atoms with Crippen LogP contribution in [0.5, 0.6) is 5.75 Å². The van der Waals surface area contributed by atoms with E-state index in [1.54, 1.807) is 24.3 Å². The summed E-state index contributed by atoms with van der Waals surface area (Å²) in [7, 11) is 1.09. The number of phenolic OH excluding ortho intramolecular Hbond substituents is 1. The first-order valence-electron chi connectivity index (χ1n) is 5.81. The number of benzene rings is 2. The van der Waals surface area contributed by atoms with Crippen LogP contribution in [0.4, 0.5) is 4.79 Å². The Labute approximate surface area is 115 Å². The molecule has 0 saturated carbocycles. The first-order valence-corrected chi connectivity index (χ1v) is 5.81. The Morgan fingerprint density at radius 1 is 1.00 bits per heavy atom. The van der Waals surface area contributed by atoms with E-state index in [4.69, 9.17) is 0 Å². The number of methoxy groups -OCH3 is 1. The van der Waals surface area contributed by atoms with Crippen LogP contribution in [0.15, 0.2) is 48.5 Å². The van der Waals surface area contributed by atoms with Gasteiger partial charge in [-0.25, -0.2) is 9.59 Å². The number of aromatic hydroxyl groups is 1. The number of rotatable bonds is 2. The Bertz CT molecular complexity index is 634. The molecule has 0 aliphatic rings. The second kappa shape index (κ2) is 5.88. The molecule has 5 heteroatoms. The van der Waals surface area contributed by atoms with Crippen molar-refractivity contribution in [2.75, 3.05) is 7.11 Å². The van der Waals surface area contributed by atoms with Gasteiger partial charge in [0.2, 0.25) is 0 Å². The minimum atomic E-state index is -1.13. The minimum Gasteiger partial charge on any atom is -0.506 e. The van der Waals surface area contributed by atoms with Gasteiger partial charge in [-0.2, -0.15) is 0 Å². The lowest BCUT2D eigenvalue weighted by molar-refractivity contribution is 0.0449. The van der Waals surface area contributed by atoms with Gasteiger partial charge in [0.25, 0.3) is 0 Å². The smallest absolute Gasteiger partial charge is 0.506 e. The normalized spacial score (nSPS) is 9.85. The standard InChI is InChI=1S/C15H12O5/c1-19-15(18)20-14(17)12-9-5-8-11(13(12)16)10-6-3-2-4-7-10/h2-9,16H,1H3. The van der Waals surface area contributed by atoms with Crippen molar-refractivity contribution in [2.45, 2.75) is 0 Å². The van der Waals surface area contributed by atoms with Crippen LogP contribution in [0.3, 0.4) is 0 Å². The lowest BCUT2D eigenvalue weighted by Crippen LogP contribution is -2.12. The summed E-state index contributed by atoms with van der Waals surface area (Å²) in [6.45, 7) is 0. The summed E-state index contributed by atoms with van der Waals surface area (Å²) < 4.78 is 8.63. The van der Waals surface area contributed by atoms with Crippen LogP contribution in [0, 0.1) is 0 Å². The molecule has 0 bridgehead atoms. The zero-order valence-electron chi connectivity index (χ0n) is 10.7. The Morgan fingerprint density at radius 2 is 1.70 bits per heavy atom. The minimum absolute atomic E-state index is 0.100. The summed E-state index contributed by atoms with van der Waals surface area (Å²) in [6.07, 6.45) is -1.13.